The van der Waals surface area contributed by atoms with E-state index in [-0.39, 0.29) is 25.6 Å². The van der Waals surface area contributed by atoms with Crippen molar-refractivity contribution in [3.63, 3.8) is 0 Å². The molecule has 3 N–H and O–H groups in total. The van der Waals surface area contributed by atoms with Crippen molar-refractivity contribution >= 4 is 5.78 Å². The summed E-state index contributed by atoms with van der Waals surface area (Å²) in [7, 11) is 5.63. The Morgan fingerprint density at radius 2 is 0.810 bits per heavy atom. The normalized spacial score (nSPS) is 11.1. The van der Waals surface area contributed by atoms with Crippen LogP contribution in [0.3, 0.4) is 0 Å². The van der Waals surface area contributed by atoms with Gasteiger partial charge in [-0.2, -0.15) is 0 Å². The van der Waals surface area contributed by atoms with Gasteiger partial charge in [-0.05, 0) is 40.2 Å². The molecule has 1 aromatic rings. The Morgan fingerprint density at radius 1 is 0.500 bits per heavy atom. The van der Waals surface area contributed by atoms with Gasteiger partial charge in [-0.1, -0.05) is 0 Å². The molecule has 0 radical (unpaired) electrons. The summed E-state index contributed by atoms with van der Waals surface area (Å²) < 4.78 is 51.2. The Hall–Kier alpha value is -2.07. The van der Waals surface area contributed by atoms with Crippen LogP contribution >= 0.6 is 0 Å². The predicted octanol–water partition coefficient (Wildman–Crippen LogP) is 0.783. The second-order valence-electron chi connectivity index (χ2n) is 8.89. The Morgan fingerprint density at radius 3 is 1.14 bits per heavy atom. The fraction of sp³-hybridized carbons (Fsp3) is 0.759. The third kappa shape index (κ3) is 19.9. The van der Waals surface area contributed by atoms with E-state index in [4.69, 9.17) is 42.6 Å². The van der Waals surface area contributed by atoms with Crippen LogP contribution in [0.15, 0.2) is 12.1 Å². The highest BCUT2D eigenvalue weighted by Crippen LogP contribution is 2.39. The molecule has 0 aromatic heterocycles. The summed E-state index contributed by atoms with van der Waals surface area (Å²) in [4.78, 5) is 12.3. The zero-order chi connectivity index (χ0) is 30.5. The standard InChI is InChI=1S/C29H53N3O10/c1-25(33)26-23-27(40-20-17-37-14-11-34-8-5-30-2)29(42-22-19-39-16-13-36-10-7-32-4)28(24-26)41-21-18-38-15-12-35-9-6-31-3/h23-24,30-32H,5-22H2,1-4H3. The van der Waals surface area contributed by atoms with Gasteiger partial charge in [0.2, 0.25) is 5.75 Å². The number of Topliss-reactive ketones (excluding diaryl/α,β-unsaturated/α-hetero) is 1. The average molecular weight is 604 g/mol. The SMILES string of the molecule is CNCCOCCOCCOc1cc(C(C)=O)cc(OCCOCCOCCNC)c1OCCOCCOCCNC. The van der Waals surface area contributed by atoms with Gasteiger partial charge in [0.25, 0.3) is 0 Å². The molecule has 0 spiro atoms. The Kier molecular flexibility index (Phi) is 25.1. The third-order valence-electron chi connectivity index (χ3n) is 5.48. The van der Waals surface area contributed by atoms with E-state index in [1.165, 1.54) is 6.92 Å². The van der Waals surface area contributed by atoms with E-state index >= 15 is 0 Å². The molecule has 13 heteroatoms. The second-order valence-corrected chi connectivity index (χ2v) is 8.89. The van der Waals surface area contributed by atoms with Crippen molar-refractivity contribution in [3.05, 3.63) is 17.7 Å². The summed E-state index contributed by atoms with van der Waals surface area (Å²) in [6, 6.07) is 3.31. The fourth-order valence-electron chi connectivity index (χ4n) is 3.25. The van der Waals surface area contributed by atoms with Crippen LogP contribution < -0.4 is 30.2 Å². The lowest BCUT2D eigenvalue weighted by Gasteiger charge is -2.18. The molecule has 1 aromatic carbocycles. The Balaban J connectivity index is 2.69. The molecule has 0 saturated carbocycles. The summed E-state index contributed by atoms with van der Waals surface area (Å²) in [5.41, 5.74) is 0.444. The maximum Gasteiger partial charge on any atom is 0.203 e. The molecule has 0 amide bonds. The molecule has 0 saturated heterocycles. The van der Waals surface area contributed by atoms with E-state index in [1.807, 2.05) is 21.1 Å². The van der Waals surface area contributed by atoms with Crippen LogP contribution in [0.25, 0.3) is 0 Å². The van der Waals surface area contributed by atoms with Gasteiger partial charge in [-0.25, -0.2) is 0 Å². The lowest BCUT2D eigenvalue weighted by molar-refractivity contribution is 0.0321. The van der Waals surface area contributed by atoms with Gasteiger partial charge in [0, 0.05) is 25.2 Å². The van der Waals surface area contributed by atoms with Crippen molar-refractivity contribution in [1.82, 2.24) is 16.0 Å². The predicted molar refractivity (Wildman–Crippen MR) is 160 cm³/mol. The fourth-order valence-corrected chi connectivity index (χ4v) is 3.25. The molecule has 0 fully saturated rings. The summed E-state index contributed by atoms with van der Waals surface area (Å²) in [6.07, 6.45) is 0. The van der Waals surface area contributed by atoms with E-state index < -0.39 is 0 Å². The molecule has 13 nitrogen and oxygen atoms in total. The largest absolute Gasteiger partial charge is 0.487 e. The number of likely N-dealkylation sites (N-methyl/N-ethyl adjacent to an activating group) is 3. The molecule has 0 bridgehead atoms. The van der Waals surface area contributed by atoms with Gasteiger partial charge < -0.3 is 58.6 Å². The lowest BCUT2D eigenvalue weighted by atomic mass is 10.1. The maximum atomic E-state index is 12.3. The van der Waals surface area contributed by atoms with E-state index in [2.05, 4.69) is 16.0 Å². The number of carbonyl (C=O) groups excluding carboxylic acids is 1. The quantitative estimate of drug-likeness (QED) is 0.0816. The zero-order valence-electron chi connectivity index (χ0n) is 26.0. The number of ketones is 1. The molecule has 0 heterocycles. The smallest absolute Gasteiger partial charge is 0.203 e. The van der Waals surface area contributed by atoms with Crippen LogP contribution in [0.5, 0.6) is 17.2 Å². The van der Waals surface area contributed by atoms with Gasteiger partial charge >= 0.3 is 0 Å². The number of rotatable bonds is 31. The minimum atomic E-state index is -0.122. The second kappa shape index (κ2) is 27.7. The molecule has 244 valence electrons. The van der Waals surface area contributed by atoms with Crippen molar-refractivity contribution in [1.29, 1.82) is 0 Å². The first kappa shape index (κ1) is 38.0. The number of hydrogen-bond donors (Lipinski definition) is 3. The average Bonchev–Trinajstić information content (AvgIpc) is 2.99. The van der Waals surface area contributed by atoms with Crippen molar-refractivity contribution in [2.24, 2.45) is 0 Å². The summed E-state index contributed by atoms with van der Waals surface area (Å²) in [5.74, 6) is 1.05. The van der Waals surface area contributed by atoms with Crippen molar-refractivity contribution in [2.75, 3.05) is 140 Å². The third-order valence-corrected chi connectivity index (χ3v) is 5.48. The van der Waals surface area contributed by atoms with Crippen LogP contribution in [-0.4, -0.2) is 146 Å². The molecule has 42 heavy (non-hydrogen) atoms. The topological polar surface area (TPSA) is 136 Å². The monoisotopic (exact) mass is 603 g/mol. The van der Waals surface area contributed by atoms with Crippen LogP contribution in [0.1, 0.15) is 17.3 Å². The lowest BCUT2D eigenvalue weighted by Crippen LogP contribution is -2.18. The maximum absolute atomic E-state index is 12.3. The van der Waals surface area contributed by atoms with Gasteiger partial charge in [0.1, 0.15) is 19.8 Å². The highest BCUT2D eigenvalue weighted by molar-refractivity contribution is 5.95. The molecular formula is C29H53N3O10. The first-order valence-corrected chi connectivity index (χ1v) is 14.6. The molecule has 0 atom stereocenters. The summed E-state index contributed by atoms with van der Waals surface area (Å²) in [5, 5.41) is 9.07. The summed E-state index contributed by atoms with van der Waals surface area (Å²) in [6.45, 7) is 10.4. The van der Waals surface area contributed by atoms with Gasteiger partial charge in [-0.3, -0.25) is 4.79 Å². The zero-order valence-corrected chi connectivity index (χ0v) is 26.0. The van der Waals surface area contributed by atoms with Crippen molar-refractivity contribution < 1.29 is 47.4 Å². The summed E-state index contributed by atoms with van der Waals surface area (Å²) >= 11 is 0. The van der Waals surface area contributed by atoms with E-state index in [1.54, 1.807) is 12.1 Å². The van der Waals surface area contributed by atoms with Gasteiger partial charge in [-0.15, -0.1) is 0 Å². The highest BCUT2D eigenvalue weighted by atomic mass is 16.6. The van der Waals surface area contributed by atoms with Crippen molar-refractivity contribution in [2.45, 2.75) is 6.92 Å². The first-order chi connectivity index (χ1) is 20.6. The molecule has 1 rings (SSSR count). The number of benzene rings is 1. The van der Waals surface area contributed by atoms with E-state index in [0.29, 0.717) is 102 Å². The van der Waals surface area contributed by atoms with Crippen molar-refractivity contribution in [3.8, 4) is 17.2 Å². The van der Waals surface area contributed by atoms with E-state index in [0.717, 1.165) is 19.6 Å². The molecular weight excluding hydrogens is 550 g/mol. The van der Waals surface area contributed by atoms with Crippen LogP contribution in [0.4, 0.5) is 0 Å². The molecule has 0 aliphatic rings. The first-order valence-electron chi connectivity index (χ1n) is 14.6. The van der Waals surface area contributed by atoms with Crippen LogP contribution in [-0.2, 0) is 28.4 Å². The van der Waals surface area contributed by atoms with Crippen LogP contribution in [0, 0.1) is 0 Å². The Labute approximate surface area is 251 Å². The molecule has 0 aliphatic heterocycles. The Bertz CT molecular complexity index is 745. The van der Waals surface area contributed by atoms with Gasteiger partial charge in [0.15, 0.2) is 17.3 Å². The van der Waals surface area contributed by atoms with Crippen LogP contribution in [0.2, 0.25) is 0 Å². The number of nitrogens with one attached hydrogen (secondary N) is 3. The molecule has 0 unspecified atom stereocenters. The number of ether oxygens (including phenoxy) is 9. The van der Waals surface area contributed by atoms with E-state index in [9.17, 15) is 4.79 Å². The highest BCUT2D eigenvalue weighted by Gasteiger charge is 2.18. The minimum Gasteiger partial charge on any atom is -0.487 e. The minimum absolute atomic E-state index is 0.122. The number of carbonyl (C=O) groups is 1. The van der Waals surface area contributed by atoms with Gasteiger partial charge in [0.05, 0.1) is 79.3 Å². The molecule has 0 aliphatic carbocycles. The number of hydrogen-bond acceptors (Lipinski definition) is 13.